The maximum absolute atomic E-state index is 13.3. The summed E-state index contributed by atoms with van der Waals surface area (Å²) in [5.74, 6) is -2.92. The zero-order valence-corrected chi connectivity index (χ0v) is 10.0. The van der Waals surface area contributed by atoms with E-state index >= 15 is 0 Å². The molecule has 0 spiro atoms. The monoisotopic (exact) mass is 255 g/mol. The lowest BCUT2D eigenvalue weighted by Crippen LogP contribution is -2.39. The molecule has 0 aliphatic carbocycles. The van der Waals surface area contributed by atoms with E-state index in [-0.39, 0.29) is 17.9 Å². The van der Waals surface area contributed by atoms with Gasteiger partial charge in [0.2, 0.25) is 0 Å². The number of aliphatic carboxylic acids is 1. The molecule has 1 rings (SSSR count). The number of phenols is 1. The molecule has 1 aromatic carbocycles. The summed E-state index contributed by atoms with van der Waals surface area (Å²) in [4.78, 5) is 22.4. The summed E-state index contributed by atoms with van der Waals surface area (Å²) >= 11 is 0. The Morgan fingerprint density at radius 1 is 1.39 bits per heavy atom. The van der Waals surface area contributed by atoms with Gasteiger partial charge >= 0.3 is 5.97 Å². The Morgan fingerprint density at radius 2 is 2.00 bits per heavy atom. The minimum atomic E-state index is -1.14. The normalized spacial score (nSPS) is 11.1. The number of carboxylic acids is 1. The van der Waals surface area contributed by atoms with E-state index in [0.717, 1.165) is 12.1 Å². The van der Waals surface area contributed by atoms with Crippen LogP contribution in [0, 0.1) is 11.2 Å². The van der Waals surface area contributed by atoms with Crippen molar-refractivity contribution >= 4 is 11.9 Å². The molecule has 0 aromatic heterocycles. The van der Waals surface area contributed by atoms with Crippen molar-refractivity contribution in [2.24, 2.45) is 5.41 Å². The molecule has 0 aliphatic rings. The molecular formula is C12H14FNO4. The van der Waals surface area contributed by atoms with Crippen LogP contribution in [0.4, 0.5) is 4.39 Å². The van der Waals surface area contributed by atoms with Gasteiger partial charge in [-0.1, -0.05) is 0 Å². The number of halogens is 1. The fourth-order valence-electron chi connectivity index (χ4n) is 1.16. The van der Waals surface area contributed by atoms with Crippen molar-refractivity contribution in [3.05, 3.63) is 29.6 Å². The Morgan fingerprint density at radius 3 is 2.50 bits per heavy atom. The molecule has 5 nitrogen and oxygen atoms in total. The van der Waals surface area contributed by atoms with E-state index in [1.807, 2.05) is 0 Å². The minimum Gasteiger partial charge on any atom is -0.508 e. The average molecular weight is 255 g/mol. The number of aromatic hydroxyl groups is 1. The number of carbonyl (C=O) groups excluding carboxylic acids is 1. The topological polar surface area (TPSA) is 86.6 Å². The second kappa shape index (κ2) is 5.03. The zero-order valence-electron chi connectivity index (χ0n) is 10.0. The van der Waals surface area contributed by atoms with Crippen LogP contribution in [0.3, 0.4) is 0 Å². The SMILES string of the molecule is CC(C)(CNC(=O)c1ccc(O)cc1F)C(=O)O. The van der Waals surface area contributed by atoms with E-state index in [1.54, 1.807) is 0 Å². The van der Waals surface area contributed by atoms with Gasteiger partial charge in [-0.2, -0.15) is 0 Å². The van der Waals surface area contributed by atoms with E-state index in [1.165, 1.54) is 19.9 Å². The van der Waals surface area contributed by atoms with Crippen molar-refractivity contribution in [1.29, 1.82) is 0 Å². The van der Waals surface area contributed by atoms with Gasteiger partial charge in [0.15, 0.2) is 0 Å². The van der Waals surface area contributed by atoms with Crippen LogP contribution in [-0.2, 0) is 4.79 Å². The van der Waals surface area contributed by atoms with Crippen molar-refractivity contribution in [3.8, 4) is 5.75 Å². The molecule has 0 heterocycles. The first-order chi connectivity index (χ1) is 8.24. The number of carboxylic acid groups (broad SMARTS) is 1. The molecule has 0 saturated heterocycles. The number of phenolic OH excluding ortho intramolecular Hbond substituents is 1. The van der Waals surface area contributed by atoms with Gasteiger partial charge in [-0.15, -0.1) is 0 Å². The van der Waals surface area contributed by atoms with Crippen LogP contribution >= 0.6 is 0 Å². The molecule has 0 fully saturated rings. The highest BCUT2D eigenvalue weighted by molar-refractivity contribution is 5.94. The number of carbonyl (C=O) groups is 2. The van der Waals surface area contributed by atoms with Crippen molar-refractivity contribution in [3.63, 3.8) is 0 Å². The smallest absolute Gasteiger partial charge is 0.310 e. The molecule has 18 heavy (non-hydrogen) atoms. The number of amides is 1. The maximum atomic E-state index is 13.3. The number of benzene rings is 1. The number of hydrogen-bond acceptors (Lipinski definition) is 3. The van der Waals surface area contributed by atoms with Gasteiger partial charge < -0.3 is 15.5 Å². The van der Waals surface area contributed by atoms with Crippen molar-refractivity contribution < 1.29 is 24.2 Å². The summed E-state index contributed by atoms with van der Waals surface area (Å²) in [6, 6.07) is 3.13. The highest BCUT2D eigenvalue weighted by atomic mass is 19.1. The van der Waals surface area contributed by atoms with Gasteiger partial charge in [0.1, 0.15) is 11.6 Å². The average Bonchev–Trinajstić information content (AvgIpc) is 2.25. The Kier molecular flexibility index (Phi) is 3.90. The summed E-state index contributed by atoms with van der Waals surface area (Å²) in [7, 11) is 0. The van der Waals surface area contributed by atoms with Gasteiger partial charge in [0, 0.05) is 12.6 Å². The zero-order chi connectivity index (χ0) is 13.9. The molecule has 98 valence electrons. The minimum absolute atomic E-state index is 0.124. The third-order valence-corrected chi connectivity index (χ3v) is 2.47. The van der Waals surface area contributed by atoms with Crippen LogP contribution in [0.5, 0.6) is 5.75 Å². The molecule has 6 heteroatoms. The van der Waals surface area contributed by atoms with Gasteiger partial charge in [-0.3, -0.25) is 9.59 Å². The lowest BCUT2D eigenvalue weighted by Gasteiger charge is -2.19. The van der Waals surface area contributed by atoms with Crippen molar-refractivity contribution in [1.82, 2.24) is 5.32 Å². The van der Waals surface area contributed by atoms with Crippen LogP contribution in [0.1, 0.15) is 24.2 Å². The summed E-state index contributed by atoms with van der Waals surface area (Å²) in [5.41, 5.74) is -1.38. The van der Waals surface area contributed by atoms with E-state index in [0.29, 0.717) is 0 Å². The highest BCUT2D eigenvalue weighted by Crippen LogP contribution is 2.16. The second-order valence-corrected chi connectivity index (χ2v) is 4.54. The molecule has 3 N–H and O–H groups in total. The molecule has 1 aromatic rings. The molecule has 0 atom stereocenters. The van der Waals surface area contributed by atoms with Crippen LogP contribution in [-0.4, -0.2) is 28.6 Å². The molecule has 0 saturated carbocycles. The van der Waals surface area contributed by atoms with E-state index in [4.69, 9.17) is 10.2 Å². The van der Waals surface area contributed by atoms with Gasteiger partial charge in [0.25, 0.3) is 5.91 Å². The van der Waals surface area contributed by atoms with Gasteiger partial charge in [-0.05, 0) is 26.0 Å². The number of nitrogens with one attached hydrogen (secondary N) is 1. The summed E-state index contributed by atoms with van der Waals surface area (Å²) in [6.07, 6.45) is 0. The largest absolute Gasteiger partial charge is 0.508 e. The molecule has 0 unspecified atom stereocenters. The molecular weight excluding hydrogens is 241 g/mol. The van der Waals surface area contributed by atoms with Crippen LogP contribution in [0.15, 0.2) is 18.2 Å². The lowest BCUT2D eigenvalue weighted by molar-refractivity contribution is -0.146. The van der Waals surface area contributed by atoms with Crippen molar-refractivity contribution in [2.75, 3.05) is 6.54 Å². The third kappa shape index (κ3) is 3.19. The Hall–Kier alpha value is -2.11. The maximum Gasteiger partial charge on any atom is 0.310 e. The molecule has 1 amide bonds. The van der Waals surface area contributed by atoms with Crippen molar-refractivity contribution in [2.45, 2.75) is 13.8 Å². The first-order valence-corrected chi connectivity index (χ1v) is 5.24. The van der Waals surface area contributed by atoms with Crippen LogP contribution < -0.4 is 5.32 Å². The Bertz CT molecular complexity index is 485. The molecule has 0 bridgehead atoms. The summed E-state index contributed by atoms with van der Waals surface area (Å²) in [6.45, 7) is 2.77. The first kappa shape index (κ1) is 14.0. The van der Waals surface area contributed by atoms with Crippen LogP contribution in [0.2, 0.25) is 0 Å². The predicted molar refractivity (Wildman–Crippen MR) is 61.8 cm³/mol. The quantitative estimate of drug-likeness (QED) is 0.758. The standard InChI is InChI=1S/C12H14FNO4/c1-12(2,11(17)18)6-14-10(16)8-4-3-7(15)5-9(8)13/h3-5,15H,6H2,1-2H3,(H,14,16)(H,17,18). The van der Waals surface area contributed by atoms with E-state index in [2.05, 4.69) is 5.32 Å². The fraction of sp³-hybridized carbons (Fsp3) is 0.333. The Labute approximate surface area is 103 Å². The van der Waals surface area contributed by atoms with E-state index in [9.17, 15) is 14.0 Å². The van der Waals surface area contributed by atoms with Crippen LogP contribution in [0.25, 0.3) is 0 Å². The van der Waals surface area contributed by atoms with E-state index < -0.39 is 23.1 Å². The number of rotatable bonds is 4. The molecule has 0 radical (unpaired) electrons. The second-order valence-electron chi connectivity index (χ2n) is 4.54. The third-order valence-electron chi connectivity index (χ3n) is 2.47. The summed E-state index contributed by atoms with van der Waals surface area (Å²) < 4.78 is 13.3. The lowest BCUT2D eigenvalue weighted by atomic mass is 9.94. The fourth-order valence-corrected chi connectivity index (χ4v) is 1.16. The highest BCUT2D eigenvalue weighted by Gasteiger charge is 2.28. The number of hydrogen-bond donors (Lipinski definition) is 3. The summed E-state index contributed by atoms with van der Waals surface area (Å²) in [5, 5.41) is 20.2. The molecule has 0 aliphatic heterocycles. The predicted octanol–water partition coefficient (Wildman–Crippen LogP) is 1.37. The first-order valence-electron chi connectivity index (χ1n) is 5.24. The Balaban J connectivity index is 2.75. The van der Waals surface area contributed by atoms with Gasteiger partial charge in [-0.25, -0.2) is 4.39 Å². The van der Waals surface area contributed by atoms with Gasteiger partial charge in [0.05, 0.1) is 11.0 Å².